The van der Waals surface area contributed by atoms with Gasteiger partial charge < -0.3 is 5.48 Å². The first-order valence-electron chi connectivity index (χ1n) is 1.52. The van der Waals surface area contributed by atoms with Gasteiger partial charge in [0.05, 0.1) is 0 Å². The molecule has 8 heavy (non-hydrogen) atoms. The molecule has 0 aliphatic rings. The zero-order valence-corrected chi connectivity index (χ0v) is 6.71. The summed E-state index contributed by atoms with van der Waals surface area (Å²) in [4.78, 5) is 9.65. The summed E-state index contributed by atoms with van der Waals surface area (Å²) < 4.78 is 21.4. The monoisotopic (exact) mass is 152 g/mol. The van der Waals surface area contributed by atoms with Crippen molar-refractivity contribution in [1.29, 1.82) is 0 Å². The molecule has 0 rings (SSSR count). The quantitative estimate of drug-likeness (QED) is 0.396. The van der Waals surface area contributed by atoms with Gasteiger partial charge in [-0.05, 0) is 0 Å². The Bertz CT molecular complexity index is 90.5. The van der Waals surface area contributed by atoms with Gasteiger partial charge in [-0.15, -0.1) is 0 Å². The van der Waals surface area contributed by atoms with E-state index in [0.717, 1.165) is 0 Å². The normalized spacial score (nSPS) is 10.1. The van der Waals surface area contributed by atoms with E-state index < -0.39 is 8.41 Å². The van der Waals surface area contributed by atoms with Gasteiger partial charge in [0.15, 0.2) is 0 Å². The third-order valence-electron chi connectivity index (χ3n) is 0.399. The van der Waals surface area contributed by atoms with Crippen molar-refractivity contribution in [1.82, 2.24) is 0 Å². The van der Waals surface area contributed by atoms with Crippen molar-refractivity contribution in [3.63, 3.8) is 0 Å². The van der Waals surface area contributed by atoms with Crippen LogP contribution in [-0.4, -0.2) is 36.3 Å². The van der Waals surface area contributed by atoms with Gasteiger partial charge >= 0.3 is 61.5 Å². The van der Waals surface area contributed by atoms with E-state index in [9.17, 15) is 13.6 Å². The fraction of sp³-hybridized carbons (Fsp3) is 0.500. The van der Waals surface area contributed by atoms with Crippen LogP contribution in [0.4, 0.5) is 8.78 Å². The SMILES string of the molecule is O=[C]([Na])C(F)(F)Cl.[O-2]. The fourth-order valence-corrected chi connectivity index (χ4v) is 0. The number of carbonyl (C=O) groups is 1. The summed E-state index contributed by atoms with van der Waals surface area (Å²) in [5.74, 6) is 0. The van der Waals surface area contributed by atoms with Gasteiger partial charge in [-0.25, -0.2) is 0 Å². The molecule has 0 N–H and O–H groups in total. The Kier molecular flexibility index (Phi) is 5.40. The van der Waals surface area contributed by atoms with Crippen molar-refractivity contribution < 1.29 is 19.1 Å². The summed E-state index contributed by atoms with van der Waals surface area (Å²) in [5, 5.41) is -3.60. The van der Waals surface area contributed by atoms with Crippen LogP contribution in [0.2, 0.25) is 0 Å². The summed E-state index contributed by atoms with van der Waals surface area (Å²) in [6, 6.07) is 0. The van der Waals surface area contributed by atoms with Crippen LogP contribution in [0.3, 0.4) is 0 Å². The second-order valence-electron chi connectivity index (χ2n) is 1.05. The first-order valence-corrected chi connectivity index (χ1v) is 2.90. The van der Waals surface area contributed by atoms with Crippen LogP contribution in [0.25, 0.3) is 0 Å². The van der Waals surface area contributed by atoms with Crippen LogP contribution in [0.5, 0.6) is 0 Å². The zero-order chi connectivity index (χ0) is 6.08. The van der Waals surface area contributed by atoms with Gasteiger partial charge in [-0.3, -0.25) is 0 Å². The number of halogens is 3. The molecule has 2 nitrogen and oxygen atoms in total. The molecule has 6 heteroatoms. The van der Waals surface area contributed by atoms with E-state index in [1.807, 2.05) is 0 Å². The first kappa shape index (κ1) is 11.6. The van der Waals surface area contributed by atoms with Crippen LogP contribution in [0.1, 0.15) is 0 Å². The smallest absolute Gasteiger partial charge is 2.00 e. The van der Waals surface area contributed by atoms with Crippen LogP contribution in [-0.2, 0) is 10.3 Å². The summed E-state index contributed by atoms with van der Waals surface area (Å²) in [7, 11) is 0. The predicted octanol–water partition coefficient (Wildman–Crippen LogP) is 0.394. The Hall–Kier alpha value is 0.780. The fourth-order valence-electron chi connectivity index (χ4n) is 0. The van der Waals surface area contributed by atoms with Crippen LogP contribution >= 0.6 is 11.6 Å². The van der Waals surface area contributed by atoms with Crippen molar-refractivity contribution in [2.24, 2.45) is 0 Å². The summed E-state index contributed by atoms with van der Waals surface area (Å²) in [5.41, 5.74) is 0. The number of rotatable bonds is 1. The summed E-state index contributed by atoms with van der Waals surface area (Å²) in [6.45, 7) is 0. The Morgan fingerprint density at radius 2 is 1.75 bits per heavy atom. The Balaban J connectivity index is 0. The van der Waals surface area contributed by atoms with Crippen molar-refractivity contribution in [3.05, 3.63) is 0 Å². The van der Waals surface area contributed by atoms with Gasteiger partial charge in [0, 0.05) is 0 Å². The van der Waals surface area contributed by atoms with Gasteiger partial charge in [-0.1, -0.05) is 0 Å². The molecule has 0 aromatic heterocycles. The minimum atomic E-state index is -3.60. The molecule has 0 spiro atoms. The Labute approximate surface area is 66.9 Å². The Morgan fingerprint density at radius 3 is 1.75 bits per heavy atom. The molecular formula is C2ClF2NaO2-2. The molecule has 0 saturated heterocycles. The number of hydrogen-bond acceptors (Lipinski definition) is 1. The maximum absolute atomic E-state index is 11.3. The molecule has 0 aromatic rings. The third-order valence-corrected chi connectivity index (χ3v) is 1.61. The number of carbonyl (C=O) groups excluding carboxylic acids is 1. The molecule has 0 aromatic carbocycles. The third kappa shape index (κ3) is 4.93. The minimum Gasteiger partial charge on any atom is -2.00 e. The molecule has 0 aliphatic heterocycles. The average Bonchev–Trinajstić information content (AvgIpc) is 1.31. The molecule has 0 fully saturated rings. The molecule has 0 bridgehead atoms. The maximum atomic E-state index is 11.3. The van der Waals surface area contributed by atoms with Gasteiger partial charge in [0.2, 0.25) is 0 Å². The van der Waals surface area contributed by atoms with E-state index in [0.29, 0.717) is 0 Å². The maximum Gasteiger partial charge on any atom is -2.00 e. The molecule has 0 aliphatic carbocycles. The molecule has 0 saturated carbocycles. The van der Waals surface area contributed by atoms with Gasteiger partial charge in [0.25, 0.3) is 0 Å². The standard InChI is InChI=1S/C2ClF2O.Na.O/c3-2(4,5)1-6;;/q;;-2. The predicted molar refractivity (Wildman–Crippen MR) is 22.2 cm³/mol. The molecular weight excluding hydrogens is 152 g/mol. The Morgan fingerprint density at radius 1 is 1.62 bits per heavy atom. The van der Waals surface area contributed by atoms with E-state index >= 15 is 0 Å². The van der Waals surface area contributed by atoms with Crippen molar-refractivity contribution >= 4 is 42.6 Å². The van der Waals surface area contributed by atoms with E-state index in [1.165, 1.54) is 0 Å². The van der Waals surface area contributed by atoms with Crippen molar-refractivity contribution in [2.75, 3.05) is 0 Å². The van der Waals surface area contributed by atoms with Gasteiger partial charge in [-0.2, -0.15) is 0 Å². The van der Waals surface area contributed by atoms with E-state index in [4.69, 9.17) is 0 Å². The molecule has 0 amide bonds. The van der Waals surface area contributed by atoms with Crippen molar-refractivity contribution in [3.8, 4) is 0 Å². The topological polar surface area (TPSA) is 45.6 Å². The molecule has 0 unspecified atom stereocenters. The van der Waals surface area contributed by atoms with E-state index in [1.54, 1.807) is 0 Å². The minimum absolute atomic E-state index is 0. The largest absolute Gasteiger partial charge is 2.00 e. The van der Waals surface area contributed by atoms with Crippen LogP contribution in [0, 0.1) is 0 Å². The van der Waals surface area contributed by atoms with Gasteiger partial charge in [0.1, 0.15) is 0 Å². The van der Waals surface area contributed by atoms with E-state index in [2.05, 4.69) is 11.6 Å². The van der Waals surface area contributed by atoms with Crippen LogP contribution < -0.4 is 0 Å². The van der Waals surface area contributed by atoms with Crippen LogP contribution in [0.15, 0.2) is 0 Å². The average molecular weight is 152 g/mol. The number of hydrogen-bond donors (Lipinski definition) is 0. The number of alkyl halides is 3. The second kappa shape index (κ2) is 3.74. The summed E-state index contributed by atoms with van der Waals surface area (Å²) >= 11 is 4.03. The summed E-state index contributed by atoms with van der Waals surface area (Å²) in [6.07, 6.45) is 0. The molecule has 44 valence electrons. The zero-order valence-electron chi connectivity index (χ0n) is 3.95. The molecule has 0 heterocycles. The molecule has 0 atom stereocenters. The van der Waals surface area contributed by atoms with E-state index in [-0.39, 0.29) is 33.4 Å². The first-order chi connectivity index (χ1) is 2.94. The van der Waals surface area contributed by atoms with Crippen molar-refractivity contribution in [2.45, 2.75) is 5.38 Å². The molecule has 0 radical (unpaired) electrons. The second-order valence-corrected chi connectivity index (χ2v) is 2.44.